The highest BCUT2D eigenvalue weighted by atomic mass is 32.1. The van der Waals surface area contributed by atoms with Crippen molar-refractivity contribution < 1.29 is 4.79 Å². The number of nitrogens with one attached hydrogen (secondary N) is 1. The van der Waals surface area contributed by atoms with Crippen molar-refractivity contribution in [3.8, 4) is 0 Å². The van der Waals surface area contributed by atoms with E-state index >= 15 is 0 Å². The first kappa shape index (κ1) is 15.2. The van der Waals surface area contributed by atoms with Crippen molar-refractivity contribution in [2.24, 2.45) is 11.7 Å². The van der Waals surface area contributed by atoms with Gasteiger partial charge < -0.3 is 11.1 Å². The van der Waals surface area contributed by atoms with Gasteiger partial charge >= 0.3 is 0 Å². The number of aryl methyl sites for hydroxylation is 1. The van der Waals surface area contributed by atoms with E-state index in [1.165, 1.54) is 35.9 Å². The number of hydrogen-bond donors (Lipinski definition) is 2. The number of amides is 1. The fourth-order valence-electron chi connectivity index (χ4n) is 4.01. The third kappa shape index (κ3) is 2.79. The van der Waals surface area contributed by atoms with Crippen molar-refractivity contribution in [3.63, 3.8) is 0 Å². The van der Waals surface area contributed by atoms with E-state index in [0.717, 1.165) is 23.1 Å². The second-order valence-corrected chi connectivity index (χ2v) is 8.38. The first-order valence-electron chi connectivity index (χ1n) is 8.66. The van der Waals surface area contributed by atoms with Crippen LogP contribution in [0.4, 0.5) is 0 Å². The van der Waals surface area contributed by atoms with Gasteiger partial charge in [0.2, 0.25) is 0 Å². The van der Waals surface area contributed by atoms with Gasteiger partial charge in [0.25, 0.3) is 5.91 Å². The Kier molecular flexibility index (Phi) is 3.69. The number of thiophene rings is 1. The molecule has 23 heavy (non-hydrogen) atoms. The van der Waals surface area contributed by atoms with Gasteiger partial charge in [-0.25, -0.2) is 0 Å². The molecule has 2 fully saturated rings. The Bertz CT molecular complexity index is 741. The molecular weight excluding hydrogens is 304 g/mol. The summed E-state index contributed by atoms with van der Waals surface area (Å²) in [6.07, 6.45) is 7.04. The minimum absolute atomic E-state index is 0.0548. The van der Waals surface area contributed by atoms with Crippen molar-refractivity contribution in [1.82, 2.24) is 5.32 Å². The molecule has 1 unspecified atom stereocenters. The molecular formula is C19H24N2OS. The molecule has 1 atom stereocenters. The van der Waals surface area contributed by atoms with Crippen LogP contribution in [-0.2, 0) is 0 Å². The molecule has 3 N–H and O–H groups in total. The molecule has 0 bridgehead atoms. The molecule has 1 aromatic heterocycles. The summed E-state index contributed by atoms with van der Waals surface area (Å²) in [4.78, 5) is 13.6. The zero-order chi connectivity index (χ0) is 16.0. The van der Waals surface area contributed by atoms with Crippen LogP contribution in [0, 0.1) is 12.8 Å². The predicted molar refractivity (Wildman–Crippen MR) is 95.9 cm³/mol. The summed E-state index contributed by atoms with van der Waals surface area (Å²) < 4.78 is 1.21. The quantitative estimate of drug-likeness (QED) is 0.891. The summed E-state index contributed by atoms with van der Waals surface area (Å²) in [5.74, 6) is 0.613. The number of hydrogen-bond acceptors (Lipinski definition) is 3. The van der Waals surface area contributed by atoms with Crippen LogP contribution in [0.2, 0.25) is 0 Å². The lowest BCUT2D eigenvalue weighted by Gasteiger charge is -2.30. The normalized spacial score (nSPS) is 21.5. The Balaban J connectivity index is 1.58. The van der Waals surface area contributed by atoms with Crippen LogP contribution in [-0.4, -0.2) is 17.5 Å². The topological polar surface area (TPSA) is 55.1 Å². The second-order valence-electron chi connectivity index (χ2n) is 7.33. The zero-order valence-electron chi connectivity index (χ0n) is 13.6. The van der Waals surface area contributed by atoms with Crippen LogP contribution in [0.25, 0.3) is 10.1 Å². The minimum atomic E-state index is -0.155. The molecule has 2 saturated carbocycles. The van der Waals surface area contributed by atoms with Crippen LogP contribution in [0.3, 0.4) is 0 Å². The van der Waals surface area contributed by atoms with E-state index in [0.29, 0.717) is 5.92 Å². The first-order valence-corrected chi connectivity index (χ1v) is 9.47. The molecule has 122 valence electrons. The van der Waals surface area contributed by atoms with Crippen LogP contribution in [0.5, 0.6) is 0 Å². The molecule has 2 aliphatic rings. The lowest BCUT2D eigenvalue weighted by atomic mass is 9.90. The first-order chi connectivity index (χ1) is 11.1. The maximum Gasteiger partial charge on any atom is 0.261 e. The van der Waals surface area contributed by atoms with Gasteiger partial charge in [-0.05, 0) is 55.5 Å². The monoisotopic (exact) mass is 328 g/mol. The van der Waals surface area contributed by atoms with Crippen LogP contribution < -0.4 is 11.1 Å². The van der Waals surface area contributed by atoms with Gasteiger partial charge in [-0.1, -0.05) is 31.0 Å². The largest absolute Gasteiger partial charge is 0.346 e. The molecule has 1 aromatic carbocycles. The van der Waals surface area contributed by atoms with Gasteiger partial charge in [0.15, 0.2) is 0 Å². The van der Waals surface area contributed by atoms with E-state index in [2.05, 4.69) is 24.4 Å². The maximum atomic E-state index is 12.8. The average Bonchev–Trinajstić information content (AvgIpc) is 2.98. The third-order valence-electron chi connectivity index (χ3n) is 5.57. The predicted octanol–water partition coefficient (Wildman–Crippen LogP) is 3.99. The number of nitrogens with two attached hydrogens (primary N) is 1. The molecule has 2 aliphatic carbocycles. The third-order valence-corrected chi connectivity index (χ3v) is 6.85. The SMILES string of the molecule is Cc1cccc2cc(C(=O)NC(C3CCCC3)C3(N)CC3)sc12. The summed E-state index contributed by atoms with van der Waals surface area (Å²) >= 11 is 1.59. The van der Waals surface area contributed by atoms with Crippen molar-refractivity contribution in [3.05, 3.63) is 34.7 Å². The van der Waals surface area contributed by atoms with Crippen molar-refractivity contribution in [2.45, 2.75) is 57.0 Å². The van der Waals surface area contributed by atoms with Gasteiger partial charge in [-0.2, -0.15) is 0 Å². The van der Waals surface area contributed by atoms with Gasteiger partial charge in [-0.3, -0.25) is 4.79 Å². The van der Waals surface area contributed by atoms with Crippen LogP contribution in [0.15, 0.2) is 24.3 Å². The van der Waals surface area contributed by atoms with E-state index in [1.807, 2.05) is 12.1 Å². The van der Waals surface area contributed by atoms with Gasteiger partial charge in [0.1, 0.15) is 0 Å². The Morgan fingerprint density at radius 2 is 2.09 bits per heavy atom. The number of rotatable bonds is 4. The average molecular weight is 328 g/mol. The smallest absolute Gasteiger partial charge is 0.261 e. The number of carbonyl (C=O) groups excluding carboxylic acids is 1. The van der Waals surface area contributed by atoms with Gasteiger partial charge in [0, 0.05) is 16.3 Å². The summed E-state index contributed by atoms with van der Waals surface area (Å²) in [5.41, 5.74) is 7.56. The highest BCUT2D eigenvalue weighted by Crippen LogP contribution is 2.43. The Hall–Kier alpha value is -1.39. The lowest BCUT2D eigenvalue weighted by molar-refractivity contribution is 0.0912. The summed E-state index contributed by atoms with van der Waals surface area (Å²) in [6.45, 7) is 2.10. The fraction of sp³-hybridized carbons (Fsp3) is 0.526. The molecule has 3 nitrogen and oxygen atoms in total. The minimum Gasteiger partial charge on any atom is -0.346 e. The number of benzene rings is 1. The van der Waals surface area contributed by atoms with Gasteiger partial charge in [-0.15, -0.1) is 11.3 Å². The van der Waals surface area contributed by atoms with E-state index in [-0.39, 0.29) is 17.5 Å². The standard InChI is InChI=1S/C19H24N2OS/c1-12-5-4-8-14-11-15(23-16(12)14)18(22)21-17(19(20)9-10-19)13-6-2-3-7-13/h4-5,8,11,13,17H,2-3,6-7,9-10,20H2,1H3,(H,21,22). The Morgan fingerprint density at radius 3 is 2.74 bits per heavy atom. The fourth-order valence-corrected chi connectivity index (χ4v) is 5.04. The van der Waals surface area contributed by atoms with Gasteiger partial charge in [0.05, 0.1) is 4.88 Å². The highest BCUT2D eigenvalue weighted by Gasteiger charge is 2.50. The molecule has 2 aromatic rings. The van der Waals surface area contributed by atoms with E-state index < -0.39 is 0 Å². The summed E-state index contributed by atoms with van der Waals surface area (Å²) in [7, 11) is 0. The van der Waals surface area contributed by atoms with E-state index in [1.54, 1.807) is 11.3 Å². The molecule has 4 rings (SSSR count). The molecule has 0 radical (unpaired) electrons. The highest BCUT2D eigenvalue weighted by molar-refractivity contribution is 7.21. The molecule has 1 heterocycles. The van der Waals surface area contributed by atoms with Crippen LogP contribution in [0.1, 0.15) is 53.8 Å². The Morgan fingerprint density at radius 1 is 1.35 bits per heavy atom. The van der Waals surface area contributed by atoms with E-state index in [4.69, 9.17) is 5.73 Å². The Labute approximate surface area is 141 Å². The van der Waals surface area contributed by atoms with Crippen LogP contribution >= 0.6 is 11.3 Å². The summed E-state index contributed by atoms with van der Waals surface area (Å²) in [5, 5.41) is 4.46. The lowest BCUT2D eigenvalue weighted by Crippen LogP contribution is -2.53. The number of carbonyl (C=O) groups is 1. The zero-order valence-corrected chi connectivity index (χ0v) is 14.4. The molecule has 1 amide bonds. The number of fused-ring (bicyclic) bond motifs is 1. The van der Waals surface area contributed by atoms with E-state index in [9.17, 15) is 4.79 Å². The summed E-state index contributed by atoms with van der Waals surface area (Å²) in [6, 6.07) is 8.39. The van der Waals surface area contributed by atoms with Crippen molar-refractivity contribution in [1.29, 1.82) is 0 Å². The van der Waals surface area contributed by atoms with Crippen molar-refractivity contribution in [2.75, 3.05) is 0 Å². The molecule has 0 aliphatic heterocycles. The molecule has 0 saturated heterocycles. The molecule has 4 heteroatoms. The van der Waals surface area contributed by atoms with Crippen molar-refractivity contribution >= 4 is 27.3 Å². The molecule has 0 spiro atoms. The second kappa shape index (κ2) is 5.60. The maximum absolute atomic E-state index is 12.8.